The van der Waals surface area contributed by atoms with Gasteiger partial charge in [-0.25, -0.2) is 4.98 Å². The molecule has 116 valence electrons. The van der Waals surface area contributed by atoms with Crippen LogP contribution in [-0.4, -0.2) is 22.4 Å². The number of nitrogens with one attached hydrogen (secondary N) is 1. The van der Waals surface area contributed by atoms with Crippen LogP contribution < -0.4 is 4.90 Å². The van der Waals surface area contributed by atoms with Gasteiger partial charge >= 0.3 is 0 Å². The molecule has 4 nitrogen and oxygen atoms in total. The minimum atomic E-state index is 0.125. The molecule has 0 unspecified atom stereocenters. The summed E-state index contributed by atoms with van der Waals surface area (Å²) in [6.45, 7) is 2.81. The second kappa shape index (κ2) is 5.54. The summed E-state index contributed by atoms with van der Waals surface area (Å²) in [5.41, 5.74) is 4.24. The van der Waals surface area contributed by atoms with Crippen LogP contribution in [0.4, 0.5) is 5.69 Å². The van der Waals surface area contributed by atoms with Crippen LogP contribution in [0.1, 0.15) is 30.7 Å². The van der Waals surface area contributed by atoms with Crippen LogP contribution in [-0.2, 0) is 11.2 Å². The molecule has 2 heterocycles. The summed E-state index contributed by atoms with van der Waals surface area (Å²) < 4.78 is 0. The fourth-order valence-corrected chi connectivity index (χ4v) is 3.36. The summed E-state index contributed by atoms with van der Waals surface area (Å²) in [5.74, 6) is 1.21. The van der Waals surface area contributed by atoms with Crippen LogP contribution in [0.5, 0.6) is 0 Å². The monoisotopic (exact) mass is 305 g/mol. The number of H-pyrrole nitrogens is 1. The number of carbonyl (C=O) groups is 1. The molecule has 0 saturated carbocycles. The Balaban J connectivity index is 1.65. The molecule has 0 bridgehead atoms. The van der Waals surface area contributed by atoms with E-state index in [1.807, 2.05) is 47.4 Å². The van der Waals surface area contributed by atoms with Crippen molar-refractivity contribution in [1.82, 2.24) is 9.97 Å². The van der Waals surface area contributed by atoms with Crippen molar-refractivity contribution in [2.75, 3.05) is 11.4 Å². The summed E-state index contributed by atoms with van der Waals surface area (Å²) in [6, 6.07) is 16.2. The van der Waals surface area contributed by atoms with E-state index in [0.717, 1.165) is 29.0 Å². The second-order valence-electron chi connectivity index (χ2n) is 6.03. The van der Waals surface area contributed by atoms with Gasteiger partial charge in [-0.1, -0.05) is 37.3 Å². The predicted molar refractivity (Wildman–Crippen MR) is 91.6 cm³/mol. The molecule has 1 aliphatic heterocycles. The number of para-hydroxylation sites is 3. The van der Waals surface area contributed by atoms with E-state index in [-0.39, 0.29) is 11.8 Å². The van der Waals surface area contributed by atoms with Crippen LogP contribution in [0.25, 0.3) is 11.0 Å². The Morgan fingerprint density at radius 2 is 1.96 bits per heavy atom. The Hall–Kier alpha value is -2.62. The summed E-state index contributed by atoms with van der Waals surface area (Å²) >= 11 is 0. The van der Waals surface area contributed by atoms with E-state index in [4.69, 9.17) is 0 Å². The highest BCUT2D eigenvalue weighted by atomic mass is 16.2. The third kappa shape index (κ3) is 2.40. The van der Waals surface area contributed by atoms with Gasteiger partial charge in [0.25, 0.3) is 0 Å². The van der Waals surface area contributed by atoms with E-state index in [0.29, 0.717) is 13.0 Å². The minimum Gasteiger partial charge on any atom is -0.342 e. The van der Waals surface area contributed by atoms with Crippen LogP contribution in [0.3, 0.4) is 0 Å². The van der Waals surface area contributed by atoms with Gasteiger partial charge in [0.1, 0.15) is 5.82 Å². The molecule has 1 saturated heterocycles. The zero-order valence-corrected chi connectivity index (χ0v) is 13.1. The lowest BCUT2D eigenvalue weighted by Crippen LogP contribution is -2.25. The van der Waals surface area contributed by atoms with Gasteiger partial charge in [0.2, 0.25) is 5.91 Å². The maximum Gasteiger partial charge on any atom is 0.227 e. The number of imidazole rings is 1. The van der Waals surface area contributed by atoms with Gasteiger partial charge in [-0.3, -0.25) is 4.79 Å². The first-order valence-electron chi connectivity index (χ1n) is 8.09. The lowest BCUT2D eigenvalue weighted by Gasteiger charge is -2.19. The smallest absolute Gasteiger partial charge is 0.227 e. The number of hydrogen-bond donors (Lipinski definition) is 1. The number of rotatable bonds is 3. The molecule has 23 heavy (non-hydrogen) atoms. The Labute approximate surface area is 135 Å². The van der Waals surface area contributed by atoms with Crippen molar-refractivity contribution in [2.45, 2.75) is 25.7 Å². The highest BCUT2D eigenvalue weighted by molar-refractivity contribution is 5.97. The average Bonchev–Trinajstić information content (AvgIpc) is 3.18. The number of carbonyl (C=O) groups excluding carboxylic acids is 1. The van der Waals surface area contributed by atoms with E-state index >= 15 is 0 Å². The van der Waals surface area contributed by atoms with E-state index in [1.54, 1.807) is 0 Å². The highest BCUT2D eigenvalue weighted by Gasteiger charge is 2.34. The Kier molecular flexibility index (Phi) is 3.37. The van der Waals surface area contributed by atoms with Crippen molar-refractivity contribution in [3.63, 3.8) is 0 Å². The first-order chi connectivity index (χ1) is 11.3. The normalized spacial score (nSPS) is 18.0. The van der Waals surface area contributed by atoms with E-state index < -0.39 is 0 Å². The van der Waals surface area contributed by atoms with Gasteiger partial charge in [-0.15, -0.1) is 0 Å². The molecule has 4 rings (SSSR count). The standard InChI is InChI=1S/C19H19N3O/c1-2-13-7-3-6-10-17(13)22-12-14(11-18(22)23)19-20-15-8-4-5-9-16(15)21-19/h3-10,14H,2,11-12H2,1H3,(H,20,21)/t14-/m1/s1. The molecule has 4 heteroatoms. The number of amides is 1. The lowest BCUT2D eigenvalue weighted by molar-refractivity contribution is -0.117. The average molecular weight is 305 g/mol. The maximum absolute atomic E-state index is 12.5. The zero-order valence-electron chi connectivity index (χ0n) is 13.1. The van der Waals surface area contributed by atoms with Crippen LogP contribution in [0, 0.1) is 0 Å². The van der Waals surface area contributed by atoms with Crippen molar-refractivity contribution in [2.24, 2.45) is 0 Å². The predicted octanol–water partition coefficient (Wildman–Crippen LogP) is 3.65. The summed E-state index contributed by atoms with van der Waals surface area (Å²) in [6.07, 6.45) is 1.44. The van der Waals surface area contributed by atoms with Crippen molar-refractivity contribution in [1.29, 1.82) is 0 Å². The molecule has 0 aliphatic carbocycles. The molecule has 0 spiro atoms. The highest BCUT2D eigenvalue weighted by Crippen LogP contribution is 2.33. The van der Waals surface area contributed by atoms with Crippen LogP contribution in [0.2, 0.25) is 0 Å². The topological polar surface area (TPSA) is 49.0 Å². The Morgan fingerprint density at radius 3 is 2.78 bits per heavy atom. The number of anilines is 1. The summed E-state index contributed by atoms with van der Waals surface area (Å²) in [4.78, 5) is 22.5. The quantitative estimate of drug-likeness (QED) is 0.803. The van der Waals surface area contributed by atoms with Crippen molar-refractivity contribution in [3.05, 3.63) is 59.9 Å². The molecule has 1 fully saturated rings. The Morgan fingerprint density at radius 1 is 1.17 bits per heavy atom. The molecule has 1 atom stereocenters. The van der Waals surface area contributed by atoms with Crippen LogP contribution >= 0.6 is 0 Å². The number of aromatic amines is 1. The van der Waals surface area contributed by atoms with Gasteiger partial charge < -0.3 is 9.88 Å². The second-order valence-corrected chi connectivity index (χ2v) is 6.03. The number of hydrogen-bond acceptors (Lipinski definition) is 2. The molecule has 1 N–H and O–H groups in total. The van der Waals surface area contributed by atoms with Crippen LogP contribution in [0.15, 0.2) is 48.5 Å². The van der Waals surface area contributed by atoms with E-state index in [9.17, 15) is 4.79 Å². The van der Waals surface area contributed by atoms with E-state index in [2.05, 4.69) is 23.0 Å². The molecular weight excluding hydrogens is 286 g/mol. The lowest BCUT2D eigenvalue weighted by atomic mass is 10.1. The first kappa shape index (κ1) is 14.0. The molecule has 1 aromatic heterocycles. The van der Waals surface area contributed by atoms with Gasteiger partial charge in [0, 0.05) is 24.6 Å². The summed E-state index contributed by atoms with van der Waals surface area (Å²) in [5, 5.41) is 0. The maximum atomic E-state index is 12.5. The molecule has 2 aromatic carbocycles. The largest absolute Gasteiger partial charge is 0.342 e. The van der Waals surface area contributed by atoms with Crippen molar-refractivity contribution < 1.29 is 4.79 Å². The van der Waals surface area contributed by atoms with Gasteiger partial charge in [0.15, 0.2) is 0 Å². The number of aryl methyl sites for hydroxylation is 1. The van der Waals surface area contributed by atoms with Crippen molar-refractivity contribution in [3.8, 4) is 0 Å². The fraction of sp³-hybridized carbons (Fsp3) is 0.263. The van der Waals surface area contributed by atoms with E-state index in [1.165, 1.54) is 5.56 Å². The first-order valence-corrected chi connectivity index (χ1v) is 8.09. The Bertz CT molecular complexity index is 835. The van der Waals surface area contributed by atoms with Gasteiger partial charge in [-0.2, -0.15) is 0 Å². The number of nitrogens with zero attached hydrogens (tertiary/aromatic N) is 2. The van der Waals surface area contributed by atoms with Gasteiger partial charge in [-0.05, 0) is 30.2 Å². The number of aromatic nitrogens is 2. The van der Waals surface area contributed by atoms with Crippen molar-refractivity contribution >= 4 is 22.6 Å². The minimum absolute atomic E-state index is 0.125. The molecule has 3 aromatic rings. The number of fused-ring (bicyclic) bond motifs is 1. The fourth-order valence-electron chi connectivity index (χ4n) is 3.36. The molecule has 0 radical (unpaired) electrons. The summed E-state index contributed by atoms with van der Waals surface area (Å²) in [7, 11) is 0. The third-order valence-corrected chi connectivity index (χ3v) is 4.58. The SMILES string of the molecule is CCc1ccccc1N1C[C@H](c2nc3ccccc3[nH]2)CC1=O. The molecule has 1 aliphatic rings. The zero-order chi connectivity index (χ0) is 15.8. The molecule has 1 amide bonds. The molecular formula is C19H19N3O. The third-order valence-electron chi connectivity index (χ3n) is 4.58. The number of benzene rings is 2. The van der Waals surface area contributed by atoms with Gasteiger partial charge in [0.05, 0.1) is 11.0 Å².